The highest BCUT2D eigenvalue weighted by molar-refractivity contribution is 6.34. The Morgan fingerprint density at radius 2 is 1.65 bits per heavy atom. The molecule has 0 radical (unpaired) electrons. The van der Waals surface area contributed by atoms with Crippen molar-refractivity contribution in [3.63, 3.8) is 0 Å². The Kier molecular flexibility index (Phi) is 9.08. The molecule has 40 heavy (non-hydrogen) atoms. The number of hydrogen-bond donors (Lipinski definition) is 0. The zero-order chi connectivity index (χ0) is 30.0. The first-order chi connectivity index (χ1) is 18.6. The van der Waals surface area contributed by atoms with E-state index in [0.29, 0.717) is 40.2 Å². The number of imide groups is 1. The van der Waals surface area contributed by atoms with Crippen molar-refractivity contribution in [3.05, 3.63) is 46.5 Å². The molecule has 0 aliphatic heterocycles. The predicted molar refractivity (Wildman–Crippen MR) is 153 cm³/mol. The minimum Gasteiger partial charge on any atom is -0.496 e. The Morgan fingerprint density at radius 1 is 1.05 bits per heavy atom. The third-order valence-electron chi connectivity index (χ3n) is 5.60. The van der Waals surface area contributed by atoms with E-state index >= 15 is 0 Å². The number of aromatic nitrogens is 5. The molecule has 3 heterocycles. The Balaban J connectivity index is 2.23. The molecule has 3 rings (SSSR count). The average Bonchev–Trinajstić information content (AvgIpc) is 3.15. The van der Waals surface area contributed by atoms with Gasteiger partial charge in [-0.2, -0.15) is 15.1 Å². The third-order valence-corrected chi connectivity index (χ3v) is 5.87. The predicted octanol–water partition coefficient (Wildman–Crippen LogP) is 6.34. The largest absolute Gasteiger partial charge is 0.496 e. The number of carbonyl (C=O) groups excluding carboxylic acids is 2. The molecule has 0 fully saturated rings. The van der Waals surface area contributed by atoms with Crippen LogP contribution in [0.15, 0.2) is 18.9 Å². The first-order valence-corrected chi connectivity index (χ1v) is 13.2. The van der Waals surface area contributed by atoms with Gasteiger partial charge in [0.1, 0.15) is 22.1 Å². The van der Waals surface area contributed by atoms with E-state index in [1.807, 2.05) is 13.8 Å². The molecule has 0 spiro atoms. The molecule has 0 unspecified atom stereocenters. The van der Waals surface area contributed by atoms with E-state index in [0.717, 1.165) is 16.9 Å². The maximum Gasteiger partial charge on any atom is 0.427 e. The molecule has 0 saturated carbocycles. The van der Waals surface area contributed by atoms with Crippen molar-refractivity contribution in [3.8, 4) is 5.75 Å². The lowest BCUT2D eigenvalue weighted by atomic mass is 10.1. The van der Waals surface area contributed by atoms with Crippen molar-refractivity contribution >= 4 is 40.8 Å². The lowest BCUT2D eigenvalue weighted by Crippen LogP contribution is -2.44. The quantitative estimate of drug-likeness (QED) is 0.235. The number of allylic oxidation sites excluding steroid dienone is 1. The summed E-state index contributed by atoms with van der Waals surface area (Å²) in [5.74, 6) is 0.423. The summed E-state index contributed by atoms with van der Waals surface area (Å²) in [5, 5.41) is 5.28. The number of anilines is 1. The van der Waals surface area contributed by atoms with Gasteiger partial charge in [0, 0.05) is 17.3 Å². The van der Waals surface area contributed by atoms with E-state index in [4.69, 9.17) is 30.9 Å². The van der Waals surface area contributed by atoms with Gasteiger partial charge in [-0.3, -0.25) is 4.98 Å². The topological polar surface area (TPSA) is 122 Å². The first kappa shape index (κ1) is 30.8. The van der Waals surface area contributed by atoms with Gasteiger partial charge in [-0.15, -0.1) is 11.5 Å². The number of amides is 2. The smallest absolute Gasteiger partial charge is 0.427 e. The van der Waals surface area contributed by atoms with Gasteiger partial charge >= 0.3 is 12.2 Å². The fraction of sp³-hybridized carbons (Fsp3) is 0.500. The lowest BCUT2D eigenvalue weighted by molar-refractivity contribution is 0.0427. The second kappa shape index (κ2) is 11.8. The zero-order valence-electron chi connectivity index (χ0n) is 24.6. The molecule has 216 valence electrons. The van der Waals surface area contributed by atoms with Crippen LogP contribution in [0.25, 0.3) is 11.0 Å². The number of pyridine rings is 1. The molecule has 0 aromatic carbocycles. The second-order valence-corrected chi connectivity index (χ2v) is 11.6. The summed E-state index contributed by atoms with van der Waals surface area (Å²) in [7, 11) is 1.61. The van der Waals surface area contributed by atoms with E-state index in [1.54, 1.807) is 65.6 Å². The summed E-state index contributed by atoms with van der Waals surface area (Å²) in [4.78, 5) is 40.6. The highest BCUT2D eigenvalue weighted by Crippen LogP contribution is 2.31. The van der Waals surface area contributed by atoms with Crippen LogP contribution in [0, 0.1) is 13.8 Å². The second-order valence-electron chi connectivity index (χ2n) is 11.3. The lowest BCUT2D eigenvalue weighted by Gasteiger charge is -2.27. The fourth-order valence-corrected chi connectivity index (χ4v) is 4.21. The monoisotopic (exact) mass is 572 g/mol. The number of ether oxygens (including phenoxy) is 3. The van der Waals surface area contributed by atoms with Crippen molar-refractivity contribution in [1.82, 2.24) is 24.7 Å². The normalized spacial score (nSPS) is 11.8. The summed E-state index contributed by atoms with van der Waals surface area (Å²) in [5.41, 5.74) is 1.60. The molecular weight excluding hydrogens is 536 g/mol. The number of carbonyl (C=O) groups is 2. The van der Waals surface area contributed by atoms with E-state index in [2.05, 4.69) is 21.5 Å². The number of halogens is 1. The van der Waals surface area contributed by atoms with Crippen LogP contribution in [0.1, 0.15) is 70.5 Å². The van der Waals surface area contributed by atoms with Gasteiger partial charge in [0.2, 0.25) is 5.95 Å². The van der Waals surface area contributed by atoms with Crippen LogP contribution in [0.3, 0.4) is 0 Å². The Labute approximate surface area is 239 Å². The molecular formula is C28H37ClN6O5. The van der Waals surface area contributed by atoms with E-state index in [9.17, 15) is 9.59 Å². The van der Waals surface area contributed by atoms with Gasteiger partial charge in [-0.25, -0.2) is 14.3 Å². The summed E-state index contributed by atoms with van der Waals surface area (Å²) in [6.07, 6.45) is 2.66. The Bertz CT molecular complexity index is 1410. The highest BCUT2D eigenvalue weighted by Gasteiger charge is 2.36. The van der Waals surface area contributed by atoms with Gasteiger partial charge in [0.05, 0.1) is 30.4 Å². The number of nitrogens with zero attached hydrogens (tertiary/aromatic N) is 6. The third kappa shape index (κ3) is 7.07. The molecule has 11 nitrogen and oxygen atoms in total. The minimum absolute atomic E-state index is 0.0218. The standard InChI is InChI=1S/C28H37ClN6O5/c1-11-12-13-18-20-22(29)31-24(35(25(36)39-27(4,5)6)26(37)40-28(7,8)9)32-23(20)34(33-18)15-19-17(3)21(38-10)16(2)14-30-19/h11,14H,1,12-13,15H2,2-10H3. The van der Waals surface area contributed by atoms with Gasteiger partial charge in [0.25, 0.3) is 0 Å². The van der Waals surface area contributed by atoms with Gasteiger partial charge in [-0.05, 0) is 68.2 Å². The number of aryl methyl sites for hydroxylation is 2. The summed E-state index contributed by atoms with van der Waals surface area (Å²) in [6.45, 7) is 17.9. The molecule has 3 aromatic heterocycles. The number of hydrogen-bond acceptors (Lipinski definition) is 9. The van der Waals surface area contributed by atoms with Crippen LogP contribution >= 0.6 is 11.6 Å². The first-order valence-electron chi connectivity index (χ1n) is 12.8. The number of rotatable bonds is 7. The van der Waals surface area contributed by atoms with Crippen LogP contribution in [0.5, 0.6) is 5.75 Å². The van der Waals surface area contributed by atoms with Crippen molar-refractivity contribution < 1.29 is 23.8 Å². The molecule has 0 aliphatic carbocycles. The van der Waals surface area contributed by atoms with Gasteiger partial charge in [0.15, 0.2) is 5.65 Å². The molecule has 0 bridgehead atoms. The summed E-state index contributed by atoms with van der Waals surface area (Å²) >= 11 is 6.69. The molecule has 0 atom stereocenters. The van der Waals surface area contributed by atoms with E-state index < -0.39 is 23.4 Å². The van der Waals surface area contributed by atoms with Crippen LogP contribution < -0.4 is 9.64 Å². The maximum absolute atomic E-state index is 13.2. The summed E-state index contributed by atoms with van der Waals surface area (Å²) < 4.78 is 18.2. The Hall–Kier alpha value is -3.73. The highest BCUT2D eigenvalue weighted by atomic mass is 35.5. The van der Waals surface area contributed by atoms with E-state index in [1.165, 1.54) is 0 Å². The molecule has 0 saturated heterocycles. The van der Waals surface area contributed by atoms with Crippen molar-refractivity contribution in [2.45, 2.75) is 86.0 Å². The number of methoxy groups -OCH3 is 1. The van der Waals surface area contributed by atoms with Crippen LogP contribution in [0.4, 0.5) is 15.5 Å². The van der Waals surface area contributed by atoms with Crippen molar-refractivity contribution in [1.29, 1.82) is 0 Å². The van der Waals surface area contributed by atoms with Crippen molar-refractivity contribution in [2.24, 2.45) is 0 Å². The van der Waals surface area contributed by atoms with Crippen LogP contribution in [0.2, 0.25) is 5.15 Å². The summed E-state index contributed by atoms with van der Waals surface area (Å²) in [6, 6.07) is 0. The zero-order valence-corrected chi connectivity index (χ0v) is 25.3. The maximum atomic E-state index is 13.2. The average molecular weight is 573 g/mol. The SMILES string of the molecule is C=CCCc1nn(Cc2ncc(C)c(OC)c2C)c2nc(N(C(=O)OC(C)(C)C)C(=O)OC(C)(C)C)nc(Cl)c12. The van der Waals surface area contributed by atoms with Crippen LogP contribution in [-0.2, 0) is 22.4 Å². The van der Waals surface area contributed by atoms with E-state index in [-0.39, 0.29) is 17.6 Å². The fourth-order valence-electron chi connectivity index (χ4n) is 3.94. The van der Waals surface area contributed by atoms with Gasteiger partial charge < -0.3 is 14.2 Å². The Morgan fingerprint density at radius 3 is 2.17 bits per heavy atom. The number of fused-ring (bicyclic) bond motifs is 1. The molecule has 3 aromatic rings. The molecule has 12 heteroatoms. The van der Waals surface area contributed by atoms with Gasteiger partial charge in [-0.1, -0.05) is 17.7 Å². The van der Waals surface area contributed by atoms with Crippen LogP contribution in [-0.4, -0.2) is 55.2 Å². The molecule has 0 N–H and O–H groups in total. The molecule has 2 amide bonds. The molecule has 0 aliphatic rings. The minimum atomic E-state index is -1.00. The van der Waals surface area contributed by atoms with Crippen molar-refractivity contribution in [2.75, 3.05) is 12.0 Å².